The molecular weight excluding hydrogens is 190 g/mol. The highest BCUT2D eigenvalue weighted by atomic mass is 16.3. The Morgan fingerprint density at radius 3 is 3.13 bits per heavy atom. The fourth-order valence-corrected chi connectivity index (χ4v) is 2.42. The molecule has 1 aromatic rings. The molecule has 0 aliphatic carbocycles. The number of hydrogen-bond acceptors (Lipinski definition) is 3. The van der Waals surface area contributed by atoms with Crippen molar-refractivity contribution in [1.82, 2.24) is 4.90 Å². The van der Waals surface area contributed by atoms with E-state index in [-0.39, 0.29) is 12.6 Å². The summed E-state index contributed by atoms with van der Waals surface area (Å²) in [4.78, 5) is 2.35. The van der Waals surface area contributed by atoms with E-state index in [1.165, 1.54) is 12.8 Å². The highest BCUT2D eigenvalue weighted by Gasteiger charge is 2.27. The van der Waals surface area contributed by atoms with Crippen molar-refractivity contribution in [2.45, 2.75) is 38.3 Å². The molecule has 15 heavy (non-hydrogen) atoms. The molecule has 1 fully saturated rings. The third-order valence-corrected chi connectivity index (χ3v) is 3.34. The Bertz CT molecular complexity index is 284. The van der Waals surface area contributed by atoms with E-state index < -0.39 is 0 Å². The van der Waals surface area contributed by atoms with Gasteiger partial charge < -0.3 is 9.52 Å². The summed E-state index contributed by atoms with van der Waals surface area (Å²) in [6, 6.07) is 4.51. The van der Waals surface area contributed by atoms with Crippen molar-refractivity contribution in [3.63, 3.8) is 0 Å². The summed E-state index contributed by atoms with van der Waals surface area (Å²) < 4.78 is 5.42. The minimum Gasteiger partial charge on any atom is -0.468 e. The number of hydrogen-bond donors (Lipinski definition) is 1. The van der Waals surface area contributed by atoms with Crippen molar-refractivity contribution in [2.75, 3.05) is 13.2 Å². The molecular formula is C12H19NO2. The zero-order valence-electron chi connectivity index (χ0n) is 9.22. The summed E-state index contributed by atoms with van der Waals surface area (Å²) in [6.45, 7) is 3.46. The predicted octanol–water partition coefficient (Wildman–Crippen LogP) is 2.19. The first-order valence-corrected chi connectivity index (χ1v) is 5.73. The topological polar surface area (TPSA) is 36.6 Å². The summed E-state index contributed by atoms with van der Waals surface area (Å²) in [5, 5.41) is 9.34. The SMILES string of the molecule is C[C@H](c1ccco1)N1CCCC[C@H]1CO. The maximum Gasteiger partial charge on any atom is 0.120 e. The molecule has 1 N–H and O–H groups in total. The molecule has 2 heterocycles. The molecule has 3 nitrogen and oxygen atoms in total. The van der Waals surface area contributed by atoms with E-state index in [0.717, 1.165) is 18.7 Å². The summed E-state index contributed by atoms with van der Waals surface area (Å²) >= 11 is 0. The quantitative estimate of drug-likeness (QED) is 0.829. The van der Waals surface area contributed by atoms with Crippen molar-refractivity contribution in [2.24, 2.45) is 0 Å². The minimum atomic E-state index is 0.255. The number of furan rings is 1. The van der Waals surface area contributed by atoms with E-state index in [4.69, 9.17) is 4.42 Å². The van der Waals surface area contributed by atoms with E-state index in [9.17, 15) is 5.11 Å². The van der Waals surface area contributed by atoms with Crippen LogP contribution in [0.3, 0.4) is 0 Å². The van der Waals surface area contributed by atoms with Crippen LogP contribution in [0.1, 0.15) is 38.0 Å². The predicted molar refractivity (Wildman–Crippen MR) is 58.6 cm³/mol. The van der Waals surface area contributed by atoms with Crippen molar-refractivity contribution in [1.29, 1.82) is 0 Å². The fourth-order valence-electron chi connectivity index (χ4n) is 2.42. The zero-order valence-corrected chi connectivity index (χ0v) is 9.22. The maximum absolute atomic E-state index is 9.34. The van der Waals surface area contributed by atoms with Crippen LogP contribution in [0.25, 0.3) is 0 Å². The van der Waals surface area contributed by atoms with Gasteiger partial charge in [0.05, 0.1) is 18.9 Å². The second kappa shape index (κ2) is 4.81. The molecule has 1 aromatic heterocycles. The van der Waals surface area contributed by atoms with Crippen molar-refractivity contribution in [3.8, 4) is 0 Å². The van der Waals surface area contributed by atoms with Crippen LogP contribution < -0.4 is 0 Å². The number of piperidine rings is 1. The second-order valence-corrected chi connectivity index (χ2v) is 4.26. The van der Waals surface area contributed by atoms with Gasteiger partial charge in [0, 0.05) is 6.04 Å². The first-order chi connectivity index (χ1) is 7.33. The summed E-state index contributed by atoms with van der Waals surface area (Å²) in [7, 11) is 0. The van der Waals surface area contributed by atoms with E-state index in [0.29, 0.717) is 6.04 Å². The Hall–Kier alpha value is -0.800. The van der Waals surface area contributed by atoms with Gasteiger partial charge in [0.2, 0.25) is 0 Å². The van der Waals surface area contributed by atoms with E-state index in [1.807, 2.05) is 12.1 Å². The molecule has 0 bridgehead atoms. The van der Waals surface area contributed by atoms with Gasteiger partial charge >= 0.3 is 0 Å². The Morgan fingerprint density at radius 2 is 2.47 bits per heavy atom. The molecule has 2 atom stereocenters. The Labute approximate surface area is 90.7 Å². The van der Waals surface area contributed by atoms with E-state index in [1.54, 1.807) is 6.26 Å². The van der Waals surface area contributed by atoms with Crippen molar-refractivity contribution >= 4 is 0 Å². The first-order valence-electron chi connectivity index (χ1n) is 5.73. The number of aliphatic hydroxyl groups is 1. The standard InChI is InChI=1S/C12H19NO2/c1-10(12-6-4-8-15-12)13-7-3-2-5-11(13)9-14/h4,6,8,10-11,14H,2-3,5,7,9H2,1H3/t10-,11+/m1/s1. The lowest BCUT2D eigenvalue weighted by atomic mass is 10.00. The molecule has 84 valence electrons. The van der Waals surface area contributed by atoms with Crippen molar-refractivity contribution in [3.05, 3.63) is 24.2 Å². The minimum absolute atomic E-state index is 0.255. The Kier molecular flexibility index (Phi) is 3.44. The lowest BCUT2D eigenvalue weighted by Crippen LogP contribution is -2.43. The van der Waals surface area contributed by atoms with Gasteiger partial charge in [-0.05, 0) is 38.4 Å². The normalized spacial score (nSPS) is 25.3. The van der Waals surface area contributed by atoms with Crippen LogP contribution in [0.15, 0.2) is 22.8 Å². The van der Waals surface area contributed by atoms with Gasteiger partial charge in [-0.3, -0.25) is 4.90 Å². The lowest BCUT2D eigenvalue weighted by Gasteiger charge is -2.38. The van der Waals surface area contributed by atoms with Crippen molar-refractivity contribution < 1.29 is 9.52 Å². The second-order valence-electron chi connectivity index (χ2n) is 4.26. The largest absolute Gasteiger partial charge is 0.468 e. The number of likely N-dealkylation sites (tertiary alicyclic amines) is 1. The summed E-state index contributed by atoms with van der Waals surface area (Å²) in [6.07, 6.45) is 5.26. The van der Waals surface area contributed by atoms with Gasteiger partial charge in [-0.25, -0.2) is 0 Å². The van der Waals surface area contributed by atoms with Gasteiger partial charge in [0.25, 0.3) is 0 Å². The van der Waals surface area contributed by atoms with Crippen LogP contribution >= 0.6 is 0 Å². The monoisotopic (exact) mass is 209 g/mol. The highest BCUT2D eigenvalue weighted by Crippen LogP contribution is 2.28. The molecule has 1 aliphatic heterocycles. The van der Waals surface area contributed by atoms with Crippen LogP contribution in [0, 0.1) is 0 Å². The van der Waals surface area contributed by atoms with Crippen LogP contribution in [-0.4, -0.2) is 29.2 Å². The molecule has 0 spiro atoms. The van der Waals surface area contributed by atoms with Gasteiger partial charge in [0.1, 0.15) is 5.76 Å². The van der Waals surface area contributed by atoms with Gasteiger partial charge in [-0.1, -0.05) is 6.42 Å². The smallest absolute Gasteiger partial charge is 0.120 e. The number of rotatable bonds is 3. The number of nitrogens with zero attached hydrogens (tertiary/aromatic N) is 1. The van der Waals surface area contributed by atoms with Crippen LogP contribution in [0.5, 0.6) is 0 Å². The van der Waals surface area contributed by atoms with Gasteiger partial charge in [-0.2, -0.15) is 0 Å². The molecule has 2 rings (SSSR count). The summed E-state index contributed by atoms with van der Waals surface area (Å²) in [5.74, 6) is 0.996. The third kappa shape index (κ3) is 2.24. The van der Waals surface area contributed by atoms with Crippen LogP contribution in [0.2, 0.25) is 0 Å². The molecule has 0 saturated carbocycles. The van der Waals surface area contributed by atoms with Crippen LogP contribution in [-0.2, 0) is 0 Å². The maximum atomic E-state index is 9.34. The molecule has 1 aliphatic rings. The van der Waals surface area contributed by atoms with E-state index >= 15 is 0 Å². The van der Waals surface area contributed by atoms with Crippen LogP contribution in [0.4, 0.5) is 0 Å². The summed E-state index contributed by atoms with van der Waals surface area (Å²) in [5.41, 5.74) is 0. The first kappa shape index (κ1) is 10.7. The molecule has 0 radical (unpaired) electrons. The van der Waals surface area contributed by atoms with Gasteiger partial charge in [0.15, 0.2) is 0 Å². The molecule has 3 heteroatoms. The average molecular weight is 209 g/mol. The number of aliphatic hydroxyl groups excluding tert-OH is 1. The Morgan fingerprint density at radius 1 is 1.60 bits per heavy atom. The Balaban J connectivity index is 2.07. The fraction of sp³-hybridized carbons (Fsp3) is 0.667. The molecule has 1 saturated heterocycles. The van der Waals surface area contributed by atoms with Gasteiger partial charge in [-0.15, -0.1) is 0 Å². The molecule has 0 amide bonds. The molecule has 0 unspecified atom stereocenters. The van der Waals surface area contributed by atoms with E-state index in [2.05, 4.69) is 11.8 Å². The third-order valence-electron chi connectivity index (χ3n) is 3.34. The zero-order chi connectivity index (χ0) is 10.7. The average Bonchev–Trinajstić information content (AvgIpc) is 2.81. The highest BCUT2D eigenvalue weighted by molar-refractivity contribution is 5.04. The molecule has 0 aromatic carbocycles. The lowest BCUT2D eigenvalue weighted by molar-refractivity contribution is 0.0511.